The quantitative estimate of drug-likeness (QED) is 0.273. The summed E-state index contributed by atoms with van der Waals surface area (Å²) in [7, 11) is 0. The first-order valence-corrected chi connectivity index (χ1v) is 16.4. The molecule has 0 aromatic heterocycles. The normalized spacial score (nSPS) is 23.6. The first kappa shape index (κ1) is 36.3. The molecule has 1 aliphatic heterocycles. The molecule has 10 heteroatoms. The zero-order valence-corrected chi connectivity index (χ0v) is 28.0. The molecule has 0 saturated carbocycles. The fraction of sp³-hybridized carbons (Fsp3) is 0.528. The van der Waals surface area contributed by atoms with Gasteiger partial charge in [-0.2, -0.15) is 0 Å². The number of nitrogens with one attached hydrogen (secondary N) is 5. The lowest BCUT2D eigenvalue weighted by Crippen LogP contribution is -2.58. The summed E-state index contributed by atoms with van der Waals surface area (Å²) in [5, 5.41) is 14.4. The molecule has 0 aliphatic carbocycles. The summed E-state index contributed by atoms with van der Waals surface area (Å²) < 4.78 is 0. The van der Waals surface area contributed by atoms with Crippen molar-refractivity contribution in [2.24, 2.45) is 17.8 Å². The van der Waals surface area contributed by atoms with Gasteiger partial charge in [0.15, 0.2) is 0 Å². The van der Waals surface area contributed by atoms with Crippen LogP contribution in [0.3, 0.4) is 0 Å². The Morgan fingerprint density at radius 3 is 0.913 bits per heavy atom. The lowest BCUT2D eigenvalue weighted by molar-refractivity contribution is -0.134. The van der Waals surface area contributed by atoms with E-state index in [1.165, 1.54) is 0 Å². The highest BCUT2D eigenvalue weighted by molar-refractivity contribution is 5.98. The number of hydrogen-bond donors (Lipinski definition) is 5. The minimum absolute atomic E-state index is 0.0364. The first-order chi connectivity index (χ1) is 21.8. The van der Waals surface area contributed by atoms with E-state index in [9.17, 15) is 24.0 Å². The van der Waals surface area contributed by atoms with Crippen molar-refractivity contribution in [3.05, 3.63) is 71.8 Å². The molecule has 5 amide bonds. The molecule has 0 bridgehead atoms. The topological polar surface area (TPSA) is 146 Å². The second-order valence-electron chi connectivity index (χ2n) is 13.6. The van der Waals surface area contributed by atoms with Gasteiger partial charge in [0, 0.05) is 12.8 Å². The number of benzene rings is 2. The first-order valence-electron chi connectivity index (χ1n) is 16.4. The molecule has 250 valence electrons. The average Bonchev–Trinajstić information content (AvgIpc) is 2.99. The lowest BCUT2D eigenvalue weighted by atomic mass is 9.98. The van der Waals surface area contributed by atoms with Crippen molar-refractivity contribution in [1.82, 2.24) is 26.6 Å². The van der Waals surface area contributed by atoms with Crippen LogP contribution in [-0.2, 0) is 36.8 Å². The monoisotopic (exact) mass is 633 g/mol. The number of carbonyl (C=O) groups excluding carboxylic acids is 5. The van der Waals surface area contributed by atoms with E-state index in [0.29, 0.717) is 19.3 Å². The Balaban J connectivity index is 2.08. The zero-order valence-electron chi connectivity index (χ0n) is 28.0. The summed E-state index contributed by atoms with van der Waals surface area (Å²) in [6.45, 7) is 11.7. The van der Waals surface area contributed by atoms with Gasteiger partial charge in [0.1, 0.15) is 30.2 Å². The molecule has 10 nitrogen and oxygen atoms in total. The van der Waals surface area contributed by atoms with Gasteiger partial charge >= 0.3 is 0 Å². The molecule has 5 atom stereocenters. The third kappa shape index (κ3) is 11.6. The summed E-state index contributed by atoms with van der Waals surface area (Å²) in [4.78, 5) is 69.1. The third-order valence-corrected chi connectivity index (χ3v) is 7.85. The maximum absolute atomic E-state index is 13.9. The van der Waals surface area contributed by atoms with Gasteiger partial charge in [-0.15, -0.1) is 0 Å². The summed E-state index contributed by atoms with van der Waals surface area (Å²) in [6, 6.07) is 13.7. The van der Waals surface area contributed by atoms with E-state index in [2.05, 4.69) is 26.6 Å². The molecule has 0 unspecified atom stereocenters. The van der Waals surface area contributed by atoms with E-state index < -0.39 is 59.7 Å². The molecule has 46 heavy (non-hydrogen) atoms. The van der Waals surface area contributed by atoms with Gasteiger partial charge < -0.3 is 26.6 Å². The van der Waals surface area contributed by atoms with Crippen molar-refractivity contribution >= 4 is 29.5 Å². The van der Waals surface area contributed by atoms with Gasteiger partial charge in [0.05, 0.1) is 0 Å². The molecule has 1 fully saturated rings. The van der Waals surface area contributed by atoms with Crippen LogP contribution in [0.4, 0.5) is 0 Å². The average molecular weight is 634 g/mol. The third-order valence-electron chi connectivity index (χ3n) is 7.85. The minimum atomic E-state index is -1.01. The molecular weight excluding hydrogens is 582 g/mol. The predicted molar refractivity (Wildman–Crippen MR) is 178 cm³/mol. The molecule has 0 radical (unpaired) electrons. The Hall–Kier alpha value is -4.21. The van der Waals surface area contributed by atoms with Crippen molar-refractivity contribution in [3.63, 3.8) is 0 Å². The lowest BCUT2D eigenvalue weighted by Gasteiger charge is -2.27. The van der Waals surface area contributed by atoms with Gasteiger partial charge in [-0.05, 0) is 48.1 Å². The van der Waals surface area contributed by atoms with Crippen molar-refractivity contribution in [2.75, 3.05) is 0 Å². The molecule has 2 aromatic rings. The number of amides is 5. The second kappa shape index (κ2) is 17.5. The van der Waals surface area contributed by atoms with Crippen LogP contribution >= 0.6 is 0 Å². The highest BCUT2D eigenvalue weighted by atomic mass is 16.2. The highest BCUT2D eigenvalue weighted by Gasteiger charge is 2.35. The van der Waals surface area contributed by atoms with Crippen molar-refractivity contribution in [3.8, 4) is 0 Å². The fourth-order valence-corrected chi connectivity index (χ4v) is 5.59. The molecule has 1 saturated heterocycles. The maximum atomic E-state index is 13.9. The Kier molecular flexibility index (Phi) is 13.8. The maximum Gasteiger partial charge on any atom is 0.243 e. The van der Waals surface area contributed by atoms with Crippen LogP contribution in [0.15, 0.2) is 60.7 Å². The number of rotatable bonds is 10. The molecule has 0 spiro atoms. The summed E-state index contributed by atoms with van der Waals surface area (Å²) in [5.74, 6) is -2.43. The number of hydrogen-bond acceptors (Lipinski definition) is 5. The van der Waals surface area contributed by atoms with Gasteiger partial charge in [0.2, 0.25) is 29.5 Å². The van der Waals surface area contributed by atoms with Gasteiger partial charge in [-0.1, -0.05) is 102 Å². The van der Waals surface area contributed by atoms with Crippen LogP contribution in [0, 0.1) is 17.8 Å². The second-order valence-corrected chi connectivity index (χ2v) is 13.6. The van der Waals surface area contributed by atoms with E-state index in [4.69, 9.17) is 0 Å². The van der Waals surface area contributed by atoms with Crippen LogP contribution in [0.25, 0.3) is 0 Å². The Labute approximate surface area is 273 Å². The van der Waals surface area contributed by atoms with Crippen LogP contribution in [0.2, 0.25) is 0 Å². The Morgan fingerprint density at radius 2 is 0.652 bits per heavy atom. The molecular formula is C36H51N5O5. The largest absolute Gasteiger partial charge is 0.343 e. The van der Waals surface area contributed by atoms with Crippen LogP contribution in [-0.4, -0.2) is 59.7 Å². The van der Waals surface area contributed by atoms with Crippen molar-refractivity contribution in [2.45, 2.75) is 104 Å². The Morgan fingerprint density at radius 1 is 0.413 bits per heavy atom. The van der Waals surface area contributed by atoms with Crippen LogP contribution < -0.4 is 26.6 Å². The molecule has 5 N–H and O–H groups in total. The zero-order chi connectivity index (χ0) is 33.8. The molecule has 2 aromatic carbocycles. The Bertz CT molecular complexity index is 1270. The van der Waals surface area contributed by atoms with Gasteiger partial charge in [-0.25, -0.2) is 0 Å². The van der Waals surface area contributed by atoms with E-state index >= 15 is 0 Å². The number of carbonyl (C=O) groups is 5. The van der Waals surface area contributed by atoms with Gasteiger partial charge in [-0.3, -0.25) is 24.0 Å². The van der Waals surface area contributed by atoms with E-state index in [1.54, 1.807) is 0 Å². The van der Waals surface area contributed by atoms with E-state index in [0.717, 1.165) is 11.1 Å². The summed E-state index contributed by atoms with van der Waals surface area (Å²) in [6.07, 6.45) is 1.33. The standard InChI is InChI=1S/C36H51N5O5/c1-22(2)17-27-32(42)37-28(18-23(3)4)33(43)40-31(21-26-15-11-8-12-16-26)36(46)39-29(19-24(5)6)34(44)41-30(35(45)38-27)20-25-13-9-7-10-14-25/h7-16,22-24,27-31H,17-21H2,1-6H3,(H,37,42)(H,38,45)(H,39,46)(H,40,43)(H,41,44)/t27-,28-,29-,30-,31+/m0/s1. The molecule has 1 aliphatic rings. The molecule has 1 heterocycles. The smallest absolute Gasteiger partial charge is 0.243 e. The van der Waals surface area contributed by atoms with Crippen LogP contribution in [0.5, 0.6) is 0 Å². The summed E-state index contributed by atoms with van der Waals surface area (Å²) >= 11 is 0. The van der Waals surface area contributed by atoms with Crippen molar-refractivity contribution in [1.29, 1.82) is 0 Å². The summed E-state index contributed by atoms with van der Waals surface area (Å²) in [5.41, 5.74) is 1.65. The van der Waals surface area contributed by atoms with Crippen molar-refractivity contribution < 1.29 is 24.0 Å². The minimum Gasteiger partial charge on any atom is -0.343 e. The highest BCUT2D eigenvalue weighted by Crippen LogP contribution is 2.14. The molecule has 3 rings (SSSR count). The van der Waals surface area contributed by atoms with E-state index in [1.807, 2.05) is 102 Å². The van der Waals surface area contributed by atoms with E-state index in [-0.39, 0.29) is 30.6 Å². The van der Waals surface area contributed by atoms with Crippen LogP contribution in [0.1, 0.15) is 71.9 Å². The fourth-order valence-electron chi connectivity index (χ4n) is 5.59. The SMILES string of the molecule is CC(C)C[C@@H]1NC(=O)[C@H](Cc2ccccc2)NC(=O)[C@H](CC(C)C)NC(=O)[C@@H](Cc2ccccc2)NC(=O)[C@H](CC(C)C)NC1=O. The predicted octanol–water partition coefficient (Wildman–Crippen LogP) is 3.05. The van der Waals surface area contributed by atoms with Gasteiger partial charge in [0.25, 0.3) is 0 Å².